The van der Waals surface area contributed by atoms with E-state index in [-0.39, 0.29) is 0 Å². The standard InChI is InChI=1S/C16H19NOS/c17-9-13-10-19-11-16(13)12-5-7-15(8-6-12)18-14-3-1-2-4-14/h5-8,10-11,14H,1-4,9,17H2. The fourth-order valence-electron chi connectivity index (χ4n) is 2.65. The Morgan fingerprint density at radius 1 is 1.11 bits per heavy atom. The van der Waals surface area contributed by atoms with Crippen molar-refractivity contribution in [3.8, 4) is 16.9 Å². The van der Waals surface area contributed by atoms with Crippen molar-refractivity contribution in [2.24, 2.45) is 5.73 Å². The Bertz CT molecular complexity index is 526. The van der Waals surface area contributed by atoms with Crippen LogP contribution in [-0.4, -0.2) is 6.10 Å². The Kier molecular flexibility index (Phi) is 3.85. The van der Waals surface area contributed by atoms with Gasteiger partial charge in [-0.1, -0.05) is 12.1 Å². The molecule has 100 valence electrons. The third-order valence-corrected chi connectivity index (χ3v) is 4.52. The predicted octanol–water partition coefficient (Wildman–Crippen LogP) is 4.20. The van der Waals surface area contributed by atoms with Gasteiger partial charge in [0.25, 0.3) is 0 Å². The number of rotatable bonds is 4. The maximum atomic E-state index is 5.98. The van der Waals surface area contributed by atoms with Gasteiger partial charge in [0.15, 0.2) is 0 Å². The molecule has 2 nitrogen and oxygen atoms in total. The van der Waals surface area contributed by atoms with Crippen molar-refractivity contribution in [1.82, 2.24) is 0 Å². The minimum absolute atomic E-state index is 0.423. The van der Waals surface area contributed by atoms with Gasteiger partial charge in [-0.25, -0.2) is 0 Å². The zero-order chi connectivity index (χ0) is 13.1. The first-order valence-corrected chi connectivity index (χ1v) is 7.83. The molecule has 3 rings (SSSR count). The van der Waals surface area contributed by atoms with Gasteiger partial charge in [-0.2, -0.15) is 11.3 Å². The van der Waals surface area contributed by atoms with Crippen LogP contribution in [0.25, 0.3) is 11.1 Å². The van der Waals surface area contributed by atoms with Gasteiger partial charge < -0.3 is 10.5 Å². The normalized spacial score (nSPS) is 15.8. The van der Waals surface area contributed by atoms with E-state index in [4.69, 9.17) is 10.5 Å². The quantitative estimate of drug-likeness (QED) is 0.906. The van der Waals surface area contributed by atoms with E-state index in [1.54, 1.807) is 11.3 Å². The first-order valence-electron chi connectivity index (χ1n) is 6.89. The highest BCUT2D eigenvalue weighted by Gasteiger charge is 2.16. The molecule has 0 spiro atoms. The fraction of sp³-hybridized carbons (Fsp3) is 0.375. The second kappa shape index (κ2) is 5.76. The number of benzene rings is 1. The molecule has 1 aliphatic carbocycles. The molecule has 0 aliphatic heterocycles. The van der Waals surface area contributed by atoms with Gasteiger partial charge in [-0.3, -0.25) is 0 Å². The number of thiophene rings is 1. The highest BCUT2D eigenvalue weighted by atomic mass is 32.1. The fourth-order valence-corrected chi connectivity index (χ4v) is 3.53. The summed E-state index contributed by atoms with van der Waals surface area (Å²) >= 11 is 1.70. The summed E-state index contributed by atoms with van der Waals surface area (Å²) in [5, 5.41) is 4.29. The predicted molar refractivity (Wildman–Crippen MR) is 80.5 cm³/mol. The molecule has 19 heavy (non-hydrogen) atoms. The molecule has 0 unspecified atom stereocenters. The zero-order valence-corrected chi connectivity index (χ0v) is 11.8. The maximum Gasteiger partial charge on any atom is 0.119 e. The van der Waals surface area contributed by atoms with E-state index in [1.807, 2.05) is 0 Å². The zero-order valence-electron chi connectivity index (χ0n) is 11.0. The SMILES string of the molecule is NCc1cscc1-c1ccc(OC2CCCC2)cc1. The van der Waals surface area contributed by atoms with Crippen molar-refractivity contribution in [3.05, 3.63) is 40.6 Å². The van der Waals surface area contributed by atoms with Gasteiger partial charge in [0.05, 0.1) is 6.10 Å². The molecule has 0 saturated heterocycles. The second-order valence-electron chi connectivity index (χ2n) is 5.06. The van der Waals surface area contributed by atoms with Crippen molar-refractivity contribution in [2.45, 2.75) is 38.3 Å². The lowest BCUT2D eigenvalue weighted by Gasteiger charge is -2.13. The first kappa shape index (κ1) is 12.7. The Morgan fingerprint density at radius 3 is 2.53 bits per heavy atom. The highest BCUT2D eigenvalue weighted by Crippen LogP contribution is 2.30. The molecular weight excluding hydrogens is 254 g/mol. The lowest BCUT2D eigenvalue weighted by Crippen LogP contribution is -2.10. The average molecular weight is 273 g/mol. The van der Waals surface area contributed by atoms with E-state index >= 15 is 0 Å². The third kappa shape index (κ3) is 2.82. The number of hydrogen-bond donors (Lipinski definition) is 1. The first-order chi connectivity index (χ1) is 9.36. The number of nitrogens with two attached hydrogens (primary N) is 1. The lowest BCUT2D eigenvalue weighted by molar-refractivity contribution is 0.210. The molecule has 1 fully saturated rings. The van der Waals surface area contributed by atoms with Crippen LogP contribution >= 0.6 is 11.3 Å². The van der Waals surface area contributed by atoms with E-state index in [1.165, 1.54) is 42.4 Å². The van der Waals surface area contributed by atoms with Gasteiger partial charge >= 0.3 is 0 Å². The van der Waals surface area contributed by atoms with Crippen LogP contribution in [0.4, 0.5) is 0 Å². The molecule has 1 aliphatic rings. The molecule has 3 heteroatoms. The summed E-state index contributed by atoms with van der Waals surface area (Å²) in [5.41, 5.74) is 9.44. The summed E-state index contributed by atoms with van der Waals surface area (Å²) in [7, 11) is 0. The summed E-state index contributed by atoms with van der Waals surface area (Å²) in [5.74, 6) is 0.986. The monoisotopic (exact) mass is 273 g/mol. The molecule has 1 heterocycles. The Balaban J connectivity index is 1.75. The molecule has 0 atom stereocenters. The van der Waals surface area contributed by atoms with E-state index in [9.17, 15) is 0 Å². The van der Waals surface area contributed by atoms with Crippen LogP contribution in [0.2, 0.25) is 0 Å². The van der Waals surface area contributed by atoms with Crippen LogP contribution < -0.4 is 10.5 Å². The molecule has 2 N–H and O–H groups in total. The van der Waals surface area contributed by atoms with E-state index in [2.05, 4.69) is 35.0 Å². The number of hydrogen-bond acceptors (Lipinski definition) is 3. The van der Waals surface area contributed by atoms with Crippen molar-refractivity contribution in [2.75, 3.05) is 0 Å². The van der Waals surface area contributed by atoms with E-state index in [0.717, 1.165) is 5.75 Å². The van der Waals surface area contributed by atoms with Crippen LogP contribution in [0.1, 0.15) is 31.2 Å². The van der Waals surface area contributed by atoms with Gasteiger partial charge in [-0.15, -0.1) is 0 Å². The van der Waals surface area contributed by atoms with Crippen molar-refractivity contribution < 1.29 is 4.74 Å². The van der Waals surface area contributed by atoms with Crippen LogP contribution in [0.3, 0.4) is 0 Å². The Hall–Kier alpha value is -1.32. The summed E-state index contributed by atoms with van der Waals surface area (Å²) in [6, 6.07) is 8.41. The molecule has 1 aromatic carbocycles. The van der Waals surface area contributed by atoms with Gasteiger partial charge in [0.1, 0.15) is 5.75 Å². The van der Waals surface area contributed by atoms with E-state index in [0.29, 0.717) is 12.6 Å². The van der Waals surface area contributed by atoms with Gasteiger partial charge in [-0.05, 0) is 65.3 Å². The summed E-state index contributed by atoms with van der Waals surface area (Å²) in [4.78, 5) is 0. The molecule has 2 aromatic rings. The van der Waals surface area contributed by atoms with E-state index < -0.39 is 0 Å². The summed E-state index contributed by atoms with van der Waals surface area (Å²) in [6.45, 7) is 0.596. The Morgan fingerprint density at radius 2 is 1.84 bits per heavy atom. The third-order valence-electron chi connectivity index (χ3n) is 3.73. The van der Waals surface area contributed by atoms with Crippen LogP contribution in [0.15, 0.2) is 35.0 Å². The minimum Gasteiger partial charge on any atom is -0.490 e. The van der Waals surface area contributed by atoms with Crippen LogP contribution in [0, 0.1) is 0 Å². The van der Waals surface area contributed by atoms with Crippen LogP contribution in [-0.2, 0) is 6.54 Å². The Labute approximate surface area is 118 Å². The minimum atomic E-state index is 0.423. The lowest BCUT2D eigenvalue weighted by atomic mass is 10.0. The topological polar surface area (TPSA) is 35.2 Å². The van der Waals surface area contributed by atoms with Crippen LogP contribution in [0.5, 0.6) is 5.75 Å². The number of ether oxygens (including phenoxy) is 1. The maximum absolute atomic E-state index is 5.98. The smallest absolute Gasteiger partial charge is 0.119 e. The molecule has 1 saturated carbocycles. The van der Waals surface area contributed by atoms with Gasteiger partial charge in [0.2, 0.25) is 0 Å². The van der Waals surface area contributed by atoms with Crippen molar-refractivity contribution in [1.29, 1.82) is 0 Å². The molecule has 0 bridgehead atoms. The largest absolute Gasteiger partial charge is 0.490 e. The second-order valence-corrected chi connectivity index (χ2v) is 5.81. The molecule has 1 aromatic heterocycles. The highest BCUT2D eigenvalue weighted by molar-refractivity contribution is 7.08. The summed E-state index contributed by atoms with van der Waals surface area (Å²) < 4.78 is 5.98. The van der Waals surface area contributed by atoms with Gasteiger partial charge in [0, 0.05) is 6.54 Å². The van der Waals surface area contributed by atoms with Crippen molar-refractivity contribution >= 4 is 11.3 Å². The average Bonchev–Trinajstić information content (AvgIpc) is 3.10. The molecular formula is C16H19NOS. The molecule has 0 amide bonds. The molecule has 0 radical (unpaired) electrons. The summed E-state index contributed by atoms with van der Waals surface area (Å²) in [6.07, 6.45) is 5.42. The van der Waals surface area contributed by atoms with Crippen molar-refractivity contribution in [3.63, 3.8) is 0 Å².